The lowest BCUT2D eigenvalue weighted by molar-refractivity contribution is 0.185. The average Bonchev–Trinajstić information content (AvgIpc) is 2.96. The smallest absolute Gasteiger partial charge is 0.180 e. The molecule has 0 aliphatic carbocycles. The molecule has 1 aliphatic rings. The van der Waals surface area contributed by atoms with Gasteiger partial charge in [-0.25, -0.2) is 4.98 Å². The lowest BCUT2D eigenvalue weighted by atomic mass is 10.0. The lowest BCUT2D eigenvalue weighted by Crippen LogP contribution is -2.44. The maximum Gasteiger partial charge on any atom is 0.180 e. The summed E-state index contributed by atoms with van der Waals surface area (Å²) in [6.45, 7) is 8.92. The minimum absolute atomic E-state index is 0.639. The molecule has 0 amide bonds. The monoisotopic (exact) mass is 237 g/mol. The predicted octanol–water partition coefficient (Wildman–Crippen LogP) is 1.88. The van der Waals surface area contributed by atoms with Crippen LogP contribution in [-0.2, 0) is 6.54 Å². The third kappa shape index (κ3) is 3.54. The van der Waals surface area contributed by atoms with Crippen molar-refractivity contribution in [2.45, 2.75) is 39.3 Å². The zero-order valence-corrected chi connectivity index (χ0v) is 10.9. The number of likely N-dealkylation sites (tertiary alicyclic amines) is 1. The maximum atomic E-state index is 5.21. The standard InChI is InChI=1S/C13H23N3O/c1-11(2)13(16-5-3-4-6-16)9-14-7-12-8-15-10-17-12/h8,10-11,13-14H,3-7,9H2,1-2H3. The zero-order valence-electron chi connectivity index (χ0n) is 10.9. The van der Waals surface area contributed by atoms with Crippen LogP contribution in [-0.4, -0.2) is 35.6 Å². The van der Waals surface area contributed by atoms with E-state index in [9.17, 15) is 0 Å². The summed E-state index contributed by atoms with van der Waals surface area (Å²) in [5, 5.41) is 3.47. The molecule has 1 atom stereocenters. The van der Waals surface area contributed by atoms with Crippen molar-refractivity contribution in [1.82, 2.24) is 15.2 Å². The fourth-order valence-corrected chi connectivity index (χ4v) is 2.53. The van der Waals surface area contributed by atoms with Gasteiger partial charge in [0.15, 0.2) is 6.39 Å². The fraction of sp³-hybridized carbons (Fsp3) is 0.769. The van der Waals surface area contributed by atoms with E-state index >= 15 is 0 Å². The van der Waals surface area contributed by atoms with Gasteiger partial charge in [-0.2, -0.15) is 0 Å². The van der Waals surface area contributed by atoms with Gasteiger partial charge in [0, 0.05) is 12.6 Å². The van der Waals surface area contributed by atoms with Gasteiger partial charge < -0.3 is 9.73 Å². The van der Waals surface area contributed by atoms with Gasteiger partial charge in [0.25, 0.3) is 0 Å². The van der Waals surface area contributed by atoms with Crippen LogP contribution in [0.3, 0.4) is 0 Å². The van der Waals surface area contributed by atoms with E-state index in [2.05, 4.69) is 29.0 Å². The third-order valence-corrected chi connectivity index (χ3v) is 3.52. The van der Waals surface area contributed by atoms with Crippen molar-refractivity contribution in [1.29, 1.82) is 0 Å². The molecule has 2 rings (SSSR count). The highest BCUT2D eigenvalue weighted by Crippen LogP contribution is 2.17. The van der Waals surface area contributed by atoms with E-state index in [1.807, 2.05) is 0 Å². The van der Waals surface area contributed by atoms with Gasteiger partial charge in [-0.05, 0) is 31.8 Å². The highest BCUT2D eigenvalue weighted by Gasteiger charge is 2.23. The molecule has 0 bridgehead atoms. The Hall–Kier alpha value is -0.870. The normalized spacial score (nSPS) is 19.0. The van der Waals surface area contributed by atoms with Crippen molar-refractivity contribution in [2.24, 2.45) is 5.92 Å². The SMILES string of the molecule is CC(C)C(CNCc1cnco1)N1CCCC1. The van der Waals surface area contributed by atoms with Gasteiger partial charge in [-0.15, -0.1) is 0 Å². The maximum absolute atomic E-state index is 5.21. The molecule has 1 aromatic heterocycles. The van der Waals surface area contributed by atoms with E-state index in [0.717, 1.165) is 18.8 Å². The van der Waals surface area contributed by atoms with Gasteiger partial charge >= 0.3 is 0 Å². The molecule has 4 nitrogen and oxygen atoms in total. The summed E-state index contributed by atoms with van der Waals surface area (Å²) in [6.07, 6.45) is 5.96. The second-order valence-electron chi connectivity index (χ2n) is 5.15. The van der Waals surface area contributed by atoms with E-state index < -0.39 is 0 Å². The molecule has 1 aliphatic heterocycles. The third-order valence-electron chi connectivity index (χ3n) is 3.52. The molecule has 4 heteroatoms. The molecule has 1 unspecified atom stereocenters. The highest BCUT2D eigenvalue weighted by molar-refractivity contribution is 4.88. The van der Waals surface area contributed by atoms with E-state index in [1.54, 1.807) is 6.20 Å². The van der Waals surface area contributed by atoms with Crippen molar-refractivity contribution in [3.05, 3.63) is 18.4 Å². The fourth-order valence-electron chi connectivity index (χ4n) is 2.53. The van der Waals surface area contributed by atoms with Crippen LogP contribution in [0.5, 0.6) is 0 Å². The van der Waals surface area contributed by atoms with E-state index in [0.29, 0.717) is 12.0 Å². The van der Waals surface area contributed by atoms with Crippen LogP contribution in [0.25, 0.3) is 0 Å². The van der Waals surface area contributed by atoms with Gasteiger partial charge in [0.1, 0.15) is 5.76 Å². The number of nitrogens with one attached hydrogen (secondary N) is 1. The van der Waals surface area contributed by atoms with E-state index in [1.165, 1.54) is 32.3 Å². The first kappa shape index (κ1) is 12.6. The summed E-state index contributed by atoms with van der Waals surface area (Å²) >= 11 is 0. The van der Waals surface area contributed by atoms with E-state index in [-0.39, 0.29) is 0 Å². The first-order valence-corrected chi connectivity index (χ1v) is 6.59. The molecular weight excluding hydrogens is 214 g/mol. The molecule has 1 saturated heterocycles. The highest BCUT2D eigenvalue weighted by atomic mass is 16.3. The van der Waals surface area contributed by atoms with E-state index in [4.69, 9.17) is 4.42 Å². The average molecular weight is 237 g/mol. The number of hydrogen-bond donors (Lipinski definition) is 1. The second-order valence-corrected chi connectivity index (χ2v) is 5.15. The molecule has 17 heavy (non-hydrogen) atoms. The molecule has 1 N–H and O–H groups in total. The largest absolute Gasteiger partial charge is 0.447 e. The van der Waals surface area contributed by atoms with Crippen molar-refractivity contribution >= 4 is 0 Å². The molecule has 96 valence electrons. The molecule has 0 aromatic carbocycles. The first-order valence-electron chi connectivity index (χ1n) is 6.59. The number of hydrogen-bond acceptors (Lipinski definition) is 4. The molecule has 0 radical (unpaired) electrons. The van der Waals surface area contributed by atoms with Gasteiger partial charge in [-0.1, -0.05) is 13.8 Å². The minimum Gasteiger partial charge on any atom is -0.447 e. The Labute approximate surface area is 103 Å². The van der Waals surface area contributed by atoms with Crippen molar-refractivity contribution in [3.63, 3.8) is 0 Å². The number of rotatable bonds is 6. The van der Waals surface area contributed by atoms with Crippen LogP contribution in [0, 0.1) is 5.92 Å². The predicted molar refractivity (Wildman–Crippen MR) is 67.6 cm³/mol. The second kappa shape index (κ2) is 6.17. The number of oxazole rings is 1. The lowest BCUT2D eigenvalue weighted by Gasteiger charge is -2.31. The number of aromatic nitrogens is 1. The van der Waals surface area contributed by atoms with Gasteiger partial charge in [0.05, 0.1) is 12.7 Å². The Bertz CT molecular complexity index is 304. The van der Waals surface area contributed by atoms with Gasteiger partial charge in [-0.3, -0.25) is 4.90 Å². The summed E-state index contributed by atoms with van der Waals surface area (Å²) in [6, 6.07) is 0.639. The molecule has 0 spiro atoms. The zero-order chi connectivity index (χ0) is 12.1. The quantitative estimate of drug-likeness (QED) is 0.820. The summed E-state index contributed by atoms with van der Waals surface area (Å²) in [4.78, 5) is 6.52. The van der Waals surface area contributed by atoms with Gasteiger partial charge in [0.2, 0.25) is 0 Å². The number of nitrogens with zero attached hydrogens (tertiary/aromatic N) is 2. The van der Waals surface area contributed by atoms with Crippen LogP contribution in [0.2, 0.25) is 0 Å². The van der Waals surface area contributed by atoms with Crippen LogP contribution >= 0.6 is 0 Å². The molecule has 0 saturated carbocycles. The van der Waals surface area contributed by atoms with Crippen LogP contribution in [0.4, 0.5) is 0 Å². The summed E-state index contributed by atoms with van der Waals surface area (Å²) in [5.74, 6) is 1.60. The van der Waals surface area contributed by atoms with Crippen LogP contribution in [0.1, 0.15) is 32.4 Å². The first-order chi connectivity index (χ1) is 8.27. The van der Waals surface area contributed by atoms with Crippen molar-refractivity contribution in [3.8, 4) is 0 Å². The topological polar surface area (TPSA) is 41.3 Å². The molecule has 1 aromatic rings. The molecule has 2 heterocycles. The molecule has 1 fully saturated rings. The van der Waals surface area contributed by atoms with Crippen molar-refractivity contribution < 1.29 is 4.42 Å². The summed E-state index contributed by atoms with van der Waals surface area (Å²) < 4.78 is 5.21. The van der Waals surface area contributed by atoms with Crippen LogP contribution in [0.15, 0.2) is 17.0 Å². The summed E-state index contributed by atoms with van der Waals surface area (Å²) in [5.41, 5.74) is 0. The molecular formula is C13H23N3O. The Balaban J connectivity index is 1.77. The Morgan fingerprint density at radius 1 is 1.41 bits per heavy atom. The van der Waals surface area contributed by atoms with Crippen LogP contribution < -0.4 is 5.32 Å². The Morgan fingerprint density at radius 2 is 2.18 bits per heavy atom. The Morgan fingerprint density at radius 3 is 2.76 bits per heavy atom. The Kier molecular flexibility index (Phi) is 4.57. The minimum atomic E-state index is 0.639. The summed E-state index contributed by atoms with van der Waals surface area (Å²) in [7, 11) is 0. The van der Waals surface area contributed by atoms with Crippen molar-refractivity contribution in [2.75, 3.05) is 19.6 Å².